The Morgan fingerprint density at radius 1 is 0.956 bits per heavy atom. The zero-order valence-corrected chi connectivity index (χ0v) is 25.6. The molecule has 0 bridgehead atoms. The zero-order valence-electron chi connectivity index (χ0n) is 25.6. The molecule has 1 fully saturated rings. The van der Waals surface area contributed by atoms with E-state index < -0.39 is 23.4 Å². The average molecular weight is 616 g/mol. The molecule has 3 aromatic carbocycles. The second kappa shape index (κ2) is 13.4. The van der Waals surface area contributed by atoms with E-state index >= 15 is 8.78 Å². The van der Waals surface area contributed by atoms with E-state index in [0.717, 1.165) is 11.1 Å². The highest BCUT2D eigenvalue weighted by Gasteiger charge is 2.28. The number of pyridine rings is 1. The average Bonchev–Trinajstić information content (AvgIpc) is 2.98. The topological polar surface area (TPSA) is 98.8 Å². The molecule has 0 radical (unpaired) electrons. The minimum absolute atomic E-state index is 0.125. The fourth-order valence-electron chi connectivity index (χ4n) is 4.89. The van der Waals surface area contributed by atoms with E-state index in [-0.39, 0.29) is 46.5 Å². The van der Waals surface area contributed by atoms with Crippen LogP contribution in [0.3, 0.4) is 0 Å². The lowest BCUT2D eigenvalue weighted by atomic mass is 9.84. The smallest absolute Gasteiger partial charge is 0.323 e. The van der Waals surface area contributed by atoms with Crippen LogP contribution < -0.4 is 20.1 Å². The highest BCUT2D eigenvalue weighted by molar-refractivity contribution is 6.05. The van der Waals surface area contributed by atoms with Gasteiger partial charge in [0.25, 0.3) is 0 Å². The summed E-state index contributed by atoms with van der Waals surface area (Å²) in [6, 6.07) is 18.0. The van der Waals surface area contributed by atoms with Crippen molar-refractivity contribution < 1.29 is 32.6 Å². The van der Waals surface area contributed by atoms with E-state index in [1.165, 1.54) is 25.4 Å². The molecule has 0 saturated carbocycles. The van der Waals surface area contributed by atoms with Crippen molar-refractivity contribution >= 4 is 23.2 Å². The Labute approximate surface area is 260 Å². The van der Waals surface area contributed by atoms with Crippen LogP contribution in [0, 0.1) is 17.6 Å². The number of Topliss-reactive ketones (excluding diaryl/α,β-unsaturated/α-hetero) is 1. The van der Waals surface area contributed by atoms with Gasteiger partial charge in [0.15, 0.2) is 23.1 Å². The molecular weight excluding hydrogens is 580 g/mol. The van der Waals surface area contributed by atoms with E-state index in [1.54, 1.807) is 24.3 Å². The van der Waals surface area contributed by atoms with Gasteiger partial charge in [-0.1, -0.05) is 51.1 Å². The third kappa shape index (κ3) is 7.64. The second-order valence-corrected chi connectivity index (χ2v) is 12.0. The molecule has 45 heavy (non-hydrogen) atoms. The van der Waals surface area contributed by atoms with E-state index in [9.17, 15) is 9.59 Å². The van der Waals surface area contributed by atoms with Crippen molar-refractivity contribution in [2.75, 3.05) is 31.0 Å². The number of amides is 2. The first-order valence-electron chi connectivity index (χ1n) is 14.6. The third-order valence-corrected chi connectivity index (χ3v) is 7.43. The van der Waals surface area contributed by atoms with Gasteiger partial charge in [0.2, 0.25) is 5.82 Å². The molecule has 0 atom stereocenters. The molecule has 1 aliphatic rings. The van der Waals surface area contributed by atoms with Gasteiger partial charge < -0.3 is 24.8 Å². The number of hydrogen-bond acceptors (Lipinski definition) is 6. The molecule has 0 spiro atoms. The van der Waals surface area contributed by atoms with Crippen molar-refractivity contribution in [3.05, 3.63) is 107 Å². The fraction of sp³-hybridized carbons (Fsp3) is 0.286. The number of methoxy groups -OCH3 is 1. The predicted molar refractivity (Wildman–Crippen MR) is 168 cm³/mol. The predicted octanol–water partition coefficient (Wildman–Crippen LogP) is 7.91. The van der Waals surface area contributed by atoms with Gasteiger partial charge in [0.05, 0.1) is 37.3 Å². The number of rotatable bonds is 10. The molecule has 8 nitrogen and oxygen atoms in total. The summed E-state index contributed by atoms with van der Waals surface area (Å²) in [4.78, 5) is 30.6. The molecule has 2 amide bonds. The van der Waals surface area contributed by atoms with E-state index in [0.29, 0.717) is 30.9 Å². The van der Waals surface area contributed by atoms with Crippen LogP contribution in [0.15, 0.2) is 72.9 Å². The Balaban J connectivity index is 1.32. The number of halogens is 2. The molecule has 0 aliphatic carbocycles. The fourth-order valence-corrected chi connectivity index (χ4v) is 4.89. The van der Waals surface area contributed by atoms with Crippen molar-refractivity contribution in [2.45, 2.75) is 39.0 Å². The minimum atomic E-state index is -1.30. The monoisotopic (exact) mass is 615 g/mol. The number of carbonyl (C=O) groups excluding carboxylic acids is 2. The molecule has 1 aliphatic heterocycles. The van der Waals surface area contributed by atoms with Gasteiger partial charge in [-0.05, 0) is 46.9 Å². The normalized spacial score (nSPS) is 13.1. The van der Waals surface area contributed by atoms with Gasteiger partial charge in [-0.2, -0.15) is 4.39 Å². The van der Waals surface area contributed by atoms with Crippen molar-refractivity contribution in [2.24, 2.45) is 5.92 Å². The van der Waals surface area contributed by atoms with Crippen molar-refractivity contribution in [1.29, 1.82) is 0 Å². The standard InChI is InChI=1S/C35H35F2N3O5/c1-35(2,3)23-16-26(29(41)15-22-19-44-20-22)33(43-4)28(17-23)40-34(42)39-27-10-11-30(32(37)31(27)36)45-25-12-13-38-24(18-25)14-21-8-6-5-7-9-21/h5-13,16-18,22H,14-15,19-20H2,1-4H3,(H2,39,40,42). The van der Waals surface area contributed by atoms with Crippen LogP contribution in [-0.4, -0.2) is 37.1 Å². The number of hydrogen-bond donors (Lipinski definition) is 2. The Kier molecular flexibility index (Phi) is 9.43. The van der Waals surface area contributed by atoms with Gasteiger partial charge in [0, 0.05) is 36.7 Å². The second-order valence-electron chi connectivity index (χ2n) is 12.0. The zero-order chi connectivity index (χ0) is 32.1. The van der Waals surface area contributed by atoms with Crippen LogP contribution in [0.4, 0.5) is 25.0 Å². The summed E-state index contributed by atoms with van der Waals surface area (Å²) in [5, 5.41) is 5.00. The van der Waals surface area contributed by atoms with Crippen LogP contribution in [0.2, 0.25) is 0 Å². The SMILES string of the molecule is COc1c(NC(=O)Nc2ccc(Oc3ccnc(Cc4ccccc4)c3)c(F)c2F)cc(C(C)(C)C)cc1C(=O)CC1COC1. The van der Waals surface area contributed by atoms with Gasteiger partial charge >= 0.3 is 6.03 Å². The van der Waals surface area contributed by atoms with Crippen molar-refractivity contribution in [3.63, 3.8) is 0 Å². The Hall–Kier alpha value is -4.83. The molecule has 5 rings (SSSR count). The van der Waals surface area contributed by atoms with Gasteiger partial charge in [-0.3, -0.25) is 9.78 Å². The molecule has 234 valence electrons. The summed E-state index contributed by atoms with van der Waals surface area (Å²) in [5.74, 6) is -2.46. The molecule has 0 unspecified atom stereocenters. The summed E-state index contributed by atoms with van der Waals surface area (Å²) in [5.41, 5.74) is 2.31. The summed E-state index contributed by atoms with van der Waals surface area (Å²) < 4.78 is 46.6. The lowest BCUT2D eigenvalue weighted by molar-refractivity contribution is -0.0322. The molecule has 4 aromatic rings. The molecule has 10 heteroatoms. The van der Waals surface area contributed by atoms with E-state index in [1.807, 2.05) is 51.1 Å². The number of benzene rings is 3. The highest BCUT2D eigenvalue weighted by atomic mass is 19.2. The Morgan fingerprint density at radius 3 is 2.36 bits per heavy atom. The maximum absolute atomic E-state index is 15.1. The number of ketones is 1. The van der Waals surface area contributed by atoms with E-state index in [2.05, 4.69) is 15.6 Å². The quantitative estimate of drug-likeness (QED) is 0.176. The van der Waals surface area contributed by atoms with Crippen LogP contribution >= 0.6 is 0 Å². The number of anilines is 2. The number of nitrogens with one attached hydrogen (secondary N) is 2. The first-order chi connectivity index (χ1) is 21.5. The highest BCUT2D eigenvalue weighted by Crippen LogP contribution is 2.37. The first-order valence-corrected chi connectivity index (χ1v) is 14.6. The molecule has 2 heterocycles. The Morgan fingerprint density at radius 2 is 1.69 bits per heavy atom. The summed E-state index contributed by atoms with van der Waals surface area (Å²) in [6.07, 6.45) is 2.36. The molecule has 2 N–H and O–H groups in total. The number of urea groups is 1. The lowest BCUT2D eigenvalue weighted by Gasteiger charge is -2.27. The van der Waals surface area contributed by atoms with Crippen LogP contribution in [0.25, 0.3) is 0 Å². The summed E-state index contributed by atoms with van der Waals surface area (Å²) in [7, 11) is 1.40. The Bertz CT molecular complexity index is 1700. The van der Waals surface area contributed by atoms with E-state index in [4.69, 9.17) is 14.2 Å². The maximum atomic E-state index is 15.1. The minimum Gasteiger partial charge on any atom is -0.494 e. The number of aromatic nitrogens is 1. The lowest BCUT2D eigenvalue weighted by Crippen LogP contribution is -2.30. The number of ether oxygens (including phenoxy) is 3. The number of nitrogens with zero attached hydrogens (tertiary/aromatic N) is 1. The first kappa shape index (κ1) is 31.6. The molecular formula is C35H35F2N3O5. The van der Waals surface area contributed by atoms with Crippen LogP contribution in [0.5, 0.6) is 17.2 Å². The van der Waals surface area contributed by atoms with Gasteiger partial charge in [-0.15, -0.1) is 0 Å². The largest absolute Gasteiger partial charge is 0.494 e. The summed E-state index contributed by atoms with van der Waals surface area (Å²) >= 11 is 0. The van der Waals surface area contributed by atoms with Crippen LogP contribution in [0.1, 0.15) is 54.4 Å². The van der Waals surface area contributed by atoms with Crippen molar-refractivity contribution in [3.8, 4) is 17.2 Å². The number of carbonyl (C=O) groups is 2. The maximum Gasteiger partial charge on any atom is 0.323 e. The molecule has 1 saturated heterocycles. The van der Waals surface area contributed by atoms with Crippen LogP contribution in [-0.2, 0) is 16.6 Å². The van der Waals surface area contributed by atoms with Crippen molar-refractivity contribution in [1.82, 2.24) is 4.98 Å². The molecule has 1 aromatic heterocycles. The van der Waals surface area contributed by atoms with Gasteiger partial charge in [0.1, 0.15) is 5.75 Å². The summed E-state index contributed by atoms with van der Waals surface area (Å²) in [6.45, 7) is 6.97. The third-order valence-electron chi connectivity index (χ3n) is 7.43. The van der Waals surface area contributed by atoms with Gasteiger partial charge in [-0.25, -0.2) is 9.18 Å².